The van der Waals surface area contributed by atoms with Crippen molar-refractivity contribution in [1.82, 2.24) is 9.80 Å². The fourth-order valence-corrected chi connectivity index (χ4v) is 4.42. The zero-order valence-electron chi connectivity index (χ0n) is 17.7. The summed E-state index contributed by atoms with van der Waals surface area (Å²) in [5.74, 6) is -0.155. The summed E-state index contributed by atoms with van der Waals surface area (Å²) in [5.41, 5.74) is 0.997. The van der Waals surface area contributed by atoms with Crippen LogP contribution < -0.4 is 10.2 Å². The van der Waals surface area contributed by atoms with Crippen LogP contribution in [0, 0.1) is 5.82 Å². The molecule has 0 saturated carbocycles. The summed E-state index contributed by atoms with van der Waals surface area (Å²) in [6.45, 7) is 3.94. The van der Waals surface area contributed by atoms with Crippen LogP contribution in [0.2, 0.25) is 0 Å². The van der Waals surface area contributed by atoms with E-state index in [2.05, 4.69) is 4.90 Å². The zero-order chi connectivity index (χ0) is 22.2. The van der Waals surface area contributed by atoms with Crippen molar-refractivity contribution in [1.29, 1.82) is 0 Å². The van der Waals surface area contributed by atoms with Crippen LogP contribution in [0.4, 0.5) is 4.39 Å². The number of morpholine rings is 1. The summed E-state index contributed by atoms with van der Waals surface area (Å²) in [7, 11) is 1.52. The van der Waals surface area contributed by atoms with Crippen molar-refractivity contribution < 1.29 is 23.1 Å². The van der Waals surface area contributed by atoms with Crippen LogP contribution in [-0.4, -0.2) is 62.2 Å². The molecule has 1 amide bonds. The lowest BCUT2D eigenvalue weighted by Gasteiger charge is -2.31. The van der Waals surface area contributed by atoms with Gasteiger partial charge in [-0.05, 0) is 29.8 Å². The van der Waals surface area contributed by atoms with E-state index in [1.807, 2.05) is 0 Å². The smallest absolute Gasteiger partial charge is 0.290 e. The molecule has 0 bridgehead atoms. The number of methoxy groups -OCH3 is 1. The minimum atomic E-state index is -0.637. The van der Waals surface area contributed by atoms with E-state index in [1.54, 1.807) is 35.2 Å². The molecule has 1 unspecified atom stereocenters. The SMILES string of the molecule is COc1ccc2c(=O)c3c(oc2c1)C(=O)N(CCN1CCOCC1)C3c1ccc(F)cc1. The van der Waals surface area contributed by atoms with Crippen LogP contribution in [0.25, 0.3) is 11.0 Å². The van der Waals surface area contributed by atoms with Gasteiger partial charge in [-0.15, -0.1) is 0 Å². The van der Waals surface area contributed by atoms with Crippen LogP contribution in [0.1, 0.15) is 27.7 Å². The second-order valence-electron chi connectivity index (χ2n) is 7.94. The quantitative estimate of drug-likeness (QED) is 0.610. The molecule has 3 aromatic rings. The molecule has 8 heteroatoms. The predicted octanol–water partition coefficient (Wildman–Crippen LogP) is 2.82. The standard InChI is InChI=1S/C24H23FN2O5/c1-30-17-6-7-18-19(14-17)32-23-20(22(18)28)21(15-2-4-16(25)5-3-15)27(24(23)29)9-8-26-10-12-31-13-11-26/h2-7,14,21H,8-13H2,1H3. The van der Waals surface area contributed by atoms with Gasteiger partial charge in [0.15, 0.2) is 5.43 Å². The summed E-state index contributed by atoms with van der Waals surface area (Å²) >= 11 is 0. The fourth-order valence-electron chi connectivity index (χ4n) is 4.42. The van der Waals surface area contributed by atoms with E-state index < -0.39 is 6.04 Å². The van der Waals surface area contributed by atoms with Gasteiger partial charge in [-0.3, -0.25) is 14.5 Å². The number of ether oxygens (including phenoxy) is 2. The minimum Gasteiger partial charge on any atom is -0.497 e. The molecule has 3 heterocycles. The first-order valence-corrected chi connectivity index (χ1v) is 10.6. The Hall–Kier alpha value is -3.23. The number of amides is 1. The highest BCUT2D eigenvalue weighted by Crippen LogP contribution is 2.38. The van der Waals surface area contributed by atoms with Crippen molar-refractivity contribution in [3.63, 3.8) is 0 Å². The number of rotatable bonds is 5. The Labute approximate surface area is 183 Å². The van der Waals surface area contributed by atoms with Gasteiger partial charge in [0.1, 0.15) is 17.1 Å². The second kappa shape index (κ2) is 8.37. The Bertz CT molecular complexity index is 1220. The van der Waals surface area contributed by atoms with E-state index in [9.17, 15) is 14.0 Å². The third-order valence-corrected chi connectivity index (χ3v) is 6.12. The molecule has 2 aliphatic rings. The van der Waals surface area contributed by atoms with Gasteiger partial charge in [-0.1, -0.05) is 12.1 Å². The van der Waals surface area contributed by atoms with E-state index in [1.165, 1.54) is 19.2 Å². The normalized spacial score (nSPS) is 18.9. The molecule has 1 saturated heterocycles. The second-order valence-corrected chi connectivity index (χ2v) is 7.94. The number of nitrogens with zero attached hydrogens (tertiary/aromatic N) is 2. The largest absolute Gasteiger partial charge is 0.497 e. The van der Waals surface area contributed by atoms with Crippen LogP contribution in [0.3, 0.4) is 0 Å². The molecule has 0 spiro atoms. The summed E-state index contributed by atoms with van der Waals surface area (Å²) in [6.07, 6.45) is 0. The first kappa shape index (κ1) is 20.7. The van der Waals surface area contributed by atoms with Crippen molar-refractivity contribution in [3.05, 3.63) is 75.4 Å². The van der Waals surface area contributed by atoms with Crippen LogP contribution in [0.15, 0.2) is 51.7 Å². The van der Waals surface area contributed by atoms with E-state index in [0.29, 0.717) is 54.1 Å². The molecule has 7 nitrogen and oxygen atoms in total. The van der Waals surface area contributed by atoms with Gasteiger partial charge in [0, 0.05) is 32.2 Å². The highest BCUT2D eigenvalue weighted by Gasteiger charge is 2.42. The number of fused-ring (bicyclic) bond motifs is 2. The van der Waals surface area contributed by atoms with Crippen molar-refractivity contribution in [2.45, 2.75) is 6.04 Å². The third-order valence-electron chi connectivity index (χ3n) is 6.12. The van der Waals surface area contributed by atoms with Crippen molar-refractivity contribution in [2.24, 2.45) is 0 Å². The Kier molecular flexibility index (Phi) is 5.40. The van der Waals surface area contributed by atoms with Gasteiger partial charge >= 0.3 is 0 Å². The molecule has 32 heavy (non-hydrogen) atoms. The first-order valence-electron chi connectivity index (χ1n) is 10.6. The Morgan fingerprint density at radius 3 is 2.53 bits per heavy atom. The minimum absolute atomic E-state index is 0.0343. The number of halogens is 1. The maximum atomic E-state index is 13.6. The molecule has 2 aromatic carbocycles. The van der Waals surface area contributed by atoms with Gasteiger partial charge in [0.25, 0.3) is 5.91 Å². The monoisotopic (exact) mass is 438 g/mol. The summed E-state index contributed by atoms with van der Waals surface area (Å²) < 4.78 is 30.2. The van der Waals surface area contributed by atoms with E-state index in [4.69, 9.17) is 13.9 Å². The van der Waals surface area contributed by atoms with Gasteiger partial charge in [-0.2, -0.15) is 0 Å². The van der Waals surface area contributed by atoms with E-state index >= 15 is 0 Å². The van der Waals surface area contributed by atoms with Crippen LogP contribution in [-0.2, 0) is 4.74 Å². The average molecular weight is 438 g/mol. The molecule has 1 aromatic heterocycles. The zero-order valence-corrected chi connectivity index (χ0v) is 17.7. The number of carbonyl (C=O) groups excluding carboxylic acids is 1. The van der Waals surface area contributed by atoms with Crippen molar-refractivity contribution in [3.8, 4) is 5.75 Å². The third kappa shape index (κ3) is 3.55. The molecule has 1 atom stereocenters. The molecule has 0 N–H and O–H groups in total. The van der Waals surface area contributed by atoms with E-state index in [-0.39, 0.29) is 22.9 Å². The number of carbonyl (C=O) groups is 1. The highest BCUT2D eigenvalue weighted by molar-refractivity contribution is 5.99. The lowest BCUT2D eigenvalue weighted by Crippen LogP contribution is -2.42. The van der Waals surface area contributed by atoms with Crippen LogP contribution in [0.5, 0.6) is 5.75 Å². The Morgan fingerprint density at radius 2 is 1.81 bits per heavy atom. The molecule has 5 rings (SSSR count). The number of benzene rings is 2. The van der Waals surface area contributed by atoms with Gasteiger partial charge in [0.05, 0.1) is 37.3 Å². The molecular formula is C24H23FN2O5. The van der Waals surface area contributed by atoms with Crippen LogP contribution >= 0.6 is 0 Å². The van der Waals surface area contributed by atoms with E-state index in [0.717, 1.165) is 13.1 Å². The summed E-state index contributed by atoms with van der Waals surface area (Å²) in [4.78, 5) is 30.8. The number of hydrogen-bond donors (Lipinski definition) is 0. The van der Waals surface area contributed by atoms with Crippen molar-refractivity contribution >= 4 is 16.9 Å². The highest BCUT2D eigenvalue weighted by atomic mass is 19.1. The fraction of sp³-hybridized carbons (Fsp3) is 0.333. The predicted molar refractivity (Wildman–Crippen MR) is 116 cm³/mol. The van der Waals surface area contributed by atoms with Gasteiger partial charge in [-0.25, -0.2) is 4.39 Å². The summed E-state index contributed by atoms with van der Waals surface area (Å²) in [5, 5.41) is 0.375. The van der Waals surface area contributed by atoms with Gasteiger partial charge in [0.2, 0.25) is 5.76 Å². The molecular weight excluding hydrogens is 415 g/mol. The summed E-state index contributed by atoms with van der Waals surface area (Å²) in [6, 6.07) is 10.2. The maximum absolute atomic E-state index is 13.6. The Morgan fingerprint density at radius 1 is 1.06 bits per heavy atom. The maximum Gasteiger partial charge on any atom is 0.290 e. The molecule has 1 fully saturated rings. The Balaban J connectivity index is 1.60. The average Bonchev–Trinajstić information content (AvgIpc) is 3.10. The van der Waals surface area contributed by atoms with Gasteiger partial charge < -0.3 is 18.8 Å². The lowest BCUT2D eigenvalue weighted by atomic mass is 9.98. The van der Waals surface area contributed by atoms with Crippen molar-refractivity contribution in [2.75, 3.05) is 46.5 Å². The topological polar surface area (TPSA) is 72.2 Å². The molecule has 0 aliphatic carbocycles. The molecule has 2 aliphatic heterocycles. The molecule has 0 radical (unpaired) electrons. The first-order chi connectivity index (χ1) is 15.6. The lowest BCUT2D eigenvalue weighted by molar-refractivity contribution is 0.0314. The number of hydrogen-bond acceptors (Lipinski definition) is 6. The molecule has 166 valence electrons.